The van der Waals surface area contributed by atoms with Crippen molar-refractivity contribution < 1.29 is 13.6 Å². The van der Waals surface area contributed by atoms with Gasteiger partial charge in [-0.2, -0.15) is 0 Å². The van der Waals surface area contributed by atoms with Gasteiger partial charge in [0.15, 0.2) is 5.76 Å². The summed E-state index contributed by atoms with van der Waals surface area (Å²) in [5, 5.41) is 4.61. The molecular weight excluding hydrogens is 291 g/mol. The van der Waals surface area contributed by atoms with E-state index in [0.717, 1.165) is 11.5 Å². The summed E-state index contributed by atoms with van der Waals surface area (Å²) in [7, 11) is 0. The standard InChI is InChI=1S/C15H13FN2O2S/c1-15(2,3)14-13(21-18-17-14)12(19)11-7-8-6-9(16)4-5-10(8)20-11/h4-7H,1-3H3. The van der Waals surface area contributed by atoms with Gasteiger partial charge in [-0.1, -0.05) is 25.3 Å². The fourth-order valence-electron chi connectivity index (χ4n) is 2.07. The maximum absolute atomic E-state index is 13.2. The van der Waals surface area contributed by atoms with Crippen molar-refractivity contribution in [1.29, 1.82) is 0 Å². The topological polar surface area (TPSA) is 56.0 Å². The van der Waals surface area contributed by atoms with Crippen molar-refractivity contribution in [3.63, 3.8) is 0 Å². The van der Waals surface area contributed by atoms with Gasteiger partial charge >= 0.3 is 0 Å². The Balaban J connectivity index is 2.07. The van der Waals surface area contributed by atoms with E-state index in [1.54, 1.807) is 6.07 Å². The molecule has 0 atom stereocenters. The molecule has 0 fully saturated rings. The van der Waals surface area contributed by atoms with Gasteiger partial charge in [0.2, 0.25) is 5.78 Å². The minimum absolute atomic E-state index is 0.173. The zero-order valence-corrected chi connectivity index (χ0v) is 12.6. The first-order valence-electron chi connectivity index (χ1n) is 6.43. The van der Waals surface area contributed by atoms with E-state index in [1.807, 2.05) is 20.8 Å². The van der Waals surface area contributed by atoms with Gasteiger partial charge in [-0.3, -0.25) is 4.79 Å². The summed E-state index contributed by atoms with van der Waals surface area (Å²) in [6.45, 7) is 5.90. The lowest BCUT2D eigenvalue weighted by Gasteiger charge is -2.15. The minimum Gasteiger partial charge on any atom is -0.453 e. The number of benzene rings is 1. The number of carbonyl (C=O) groups excluding carboxylic acids is 1. The zero-order valence-electron chi connectivity index (χ0n) is 11.8. The molecule has 0 bridgehead atoms. The SMILES string of the molecule is CC(C)(C)c1nnsc1C(=O)c1cc2cc(F)ccc2o1. The van der Waals surface area contributed by atoms with Crippen molar-refractivity contribution in [1.82, 2.24) is 9.59 Å². The van der Waals surface area contributed by atoms with Crippen LogP contribution in [0.3, 0.4) is 0 Å². The van der Waals surface area contributed by atoms with Crippen molar-refractivity contribution in [3.8, 4) is 0 Å². The highest BCUT2D eigenvalue weighted by atomic mass is 32.1. The van der Waals surface area contributed by atoms with E-state index in [1.165, 1.54) is 18.2 Å². The Labute approximate surface area is 124 Å². The first kappa shape index (κ1) is 13.9. The summed E-state index contributed by atoms with van der Waals surface area (Å²) in [6.07, 6.45) is 0. The summed E-state index contributed by atoms with van der Waals surface area (Å²) >= 11 is 1.05. The number of ketones is 1. The predicted molar refractivity (Wildman–Crippen MR) is 78.2 cm³/mol. The highest BCUT2D eigenvalue weighted by Gasteiger charge is 2.28. The molecule has 0 N–H and O–H groups in total. The summed E-state index contributed by atoms with van der Waals surface area (Å²) in [5.41, 5.74) is 0.842. The third-order valence-corrected chi connectivity index (χ3v) is 3.83. The van der Waals surface area contributed by atoms with Crippen LogP contribution in [0.1, 0.15) is 41.9 Å². The second-order valence-corrected chi connectivity index (χ2v) is 6.58. The molecule has 0 saturated heterocycles. The van der Waals surface area contributed by atoms with Crippen LogP contribution in [0.15, 0.2) is 28.7 Å². The molecule has 0 aliphatic rings. The quantitative estimate of drug-likeness (QED) is 0.673. The molecule has 0 spiro atoms. The van der Waals surface area contributed by atoms with Crippen LogP contribution >= 0.6 is 11.5 Å². The highest BCUT2D eigenvalue weighted by Crippen LogP contribution is 2.29. The summed E-state index contributed by atoms with van der Waals surface area (Å²) in [5.74, 6) is -0.462. The lowest BCUT2D eigenvalue weighted by atomic mass is 9.90. The molecule has 2 aromatic heterocycles. The number of furan rings is 1. The van der Waals surface area contributed by atoms with Crippen LogP contribution < -0.4 is 0 Å². The van der Waals surface area contributed by atoms with Gasteiger partial charge in [0.05, 0.1) is 5.69 Å². The number of hydrogen-bond donors (Lipinski definition) is 0. The van der Waals surface area contributed by atoms with Crippen LogP contribution in [-0.4, -0.2) is 15.4 Å². The molecule has 0 aliphatic carbocycles. The molecule has 0 unspecified atom stereocenters. The van der Waals surface area contributed by atoms with E-state index < -0.39 is 0 Å². The number of hydrogen-bond acceptors (Lipinski definition) is 5. The van der Waals surface area contributed by atoms with Crippen molar-refractivity contribution in [3.05, 3.63) is 46.4 Å². The zero-order chi connectivity index (χ0) is 15.2. The molecule has 0 radical (unpaired) electrons. The van der Waals surface area contributed by atoms with Crippen LogP contribution in [0.5, 0.6) is 0 Å². The lowest BCUT2D eigenvalue weighted by Crippen LogP contribution is -2.16. The van der Waals surface area contributed by atoms with Crippen molar-refractivity contribution in [2.24, 2.45) is 0 Å². The average molecular weight is 304 g/mol. The molecule has 0 amide bonds. The Morgan fingerprint density at radius 3 is 2.76 bits per heavy atom. The van der Waals surface area contributed by atoms with Gasteiger partial charge in [-0.15, -0.1) is 5.10 Å². The van der Waals surface area contributed by atoms with Gasteiger partial charge < -0.3 is 4.42 Å². The molecule has 3 rings (SSSR count). The Morgan fingerprint density at radius 1 is 1.29 bits per heavy atom. The van der Waals surface area contributed by atoms with Gasteiger partial charge in [0.25, 0.3) is 0 Å². The minimum atomic E-state index is -0.364. The summed E-state index contributed by atoms with van der Waals surface area (Å²) < 4.78 is 22.6. The predicted octanol–water partition coefficient (Wildman–Crippen LogP) is 3.95. The van der Waals surface area contributed by atoms with E-state index in [0.29, 0.717) is 21.5 Å². The van der Waals surface area contributed by atoms with Crippen LogP contribution in [-0.2, 0) is 5.41 Å². The lowest BCUT2D eigenvalue weighted by molar-refractivity contribution is 0.101. The molecule has 21 heavy (non-hydrogen) atoms. The number of aromatic nitrogens is 2. The number of carbonyl (C=O) groups is 1. The molecule has 2 heterocycles. The monoisotopic (exact) mass is 304 g/mol. The van der Waals surface area contributed by atoms with E-state index in [-0.39, 0.29) is 22.8 Å². The smallest absolute Gasteiger partial charge is 0.241 e. The Hall–Kier alpha value is -2.08. The molecule has 108 valence electrons. The summed E-state index contributed by atoms with van der Waals surface area (Å²) in [6, 6.07) is 5.70. The Morgan fingerprint density at radius 2 is 2.05 bits per heavy atom. The number of nitrogens with zero attached hydrogens (tertiary/aromatic N) is 2. The molecular formula is C15H13FN2O2S. The number of fused-ring (bicyclic) bond motifs is 1. The highest BCUT2D eigenvalue weighted by molar-refractivity contribution is 7.08. The van der Waals surface area contributed by atoms with Crippen LogP contribution in [0.2, 0.25) is 0 Å². The third kappa shape index (κ3) is 2.47. The largest absolute Gasteiger partial charge is 0.453 e. The molecule has 0 aliphatic heterocycles. The average Bonchev–Trinajstić information content (AvgIpc) is 3.02. The van der Waals surface area contributed by atoms with E-state index in [2.05, 4.69) is 9.59 Å². The van der Waals surface area contributed by atoms with Gasteiger partial charge in [0.1, 0.15) is 16.3 Å². The van der Waals surface area contributed by atoms with Crippen LogP contribution in [0.4, 0.5) is 4.39 Å². The Kier molecular flexibility index (Phi) is 3.13. The fraction of sp³-hybridized carbons (Fsp3) is 0.267. The first-order chi connectivity index (χ1) is 9.86. The molecule has 3 aromatic rings. The van der Waals surface area contributed by atoms with Crippen LogP contribution in [0.25, 0.3) is 11.0 Å². The second kappa shape index (κ2) is 4.73. The second-order valence-electron chi connectivity index (χ2n) is 5.82. The summed E-state index contributed by atoms with van der Waals surface area (Å²) in [4.78, 5) is 13.0. The maximum atomic E-state index is 13.2. The molecule has 4 nitrogen and oxygen atoms in total. The van der Waals surface area contributed by atoms with Gasteiger partial charge in [-0.25, -0.2) is 4.39 Å². The van der Waals surface area contributed by atoms with Crippen molar-refractivity contribution in [2.45, 2.75) is 26.2 Å². The number of rotatable bonds is 2. The normalized spacial score (nSPS) is 12.0. The van der Waals surface area contributed by atoms with E-state index >= 15 is 0 Å². The number of halogens is 1. The molecule has 6 heteroatoms. The van der Waals surface area contributed by atoms with Crippen molar-refractivity contribution >= 4 is 28.3 Å². The third-order valence-electron chi connectivity index (χ3n) is 3.11. The van der Waals surface area contributed by atoms with Gasteiger partial charge in [-0.05, 0) is 35.8 Å². The fourth-order valence-corrected chi connectivity index (χ4v) is 2.89. The Bertz CT molecular complexity index is 830. The van der Waals surface area contributed by atoms with E-state index in [4.69, 9.17) is 4.42 Å². The van der Waals surface area contributed by atoms with E-state index in [9.17, 15) is 9.18 Å². The first-order valence-corrected chi connectivity index (χ1v) is 7.20. The van der Waals surface area contributed by atoms with Crippen LogP contribution in [0, 0.1) is 5.82 Å². The molecule has 0 saturated carbocycles. The molecule has 1 aromatic carbocycles. The van der Waals surface area contributed by atoms with Gasteiger partial charge in [0, 0.05) is 10.8 Å². The van der Waals surface area contributed by atoms with Crippen molar-refractivity contribution in [2.75, 3.05) is 0 Å². The maximum Gasteiger partial charge on any atom is 0.241 e.